The van der Waals surface area contributed by atoms with E-state index in [2.05, 4.69) is 5.32 Å². The van der Waals surface area contributed by atoms with Crippen molar-refractivity contribution in [3.63, 3.8) is 0 Å². The van der Waals surface area contributed by atoms with Gasteiger partial charge in [-0.25, -0.2) is 0 Å². The molecule has 1 fully saturated rings. The number of nitrogens with zero attached hydrogens (tertiary/aromatic N) is 1. The van der Waals surface area contributed by atoms with Crippen molar-refractivity contribution >= 4 is 40.0 Å². The number of anilines is 1. The van der Waals surface area contributed by atoms with Gasteiger partial charge >= 0.3 is 0 Å². The van der Waals surface area contributed by atoms with Gasteiger partial charge in [0.2, 0.25) is 5.91 Å². The summed E-state index contributed by atoms with van der Waals surface area (Å²) in [5.74, 6) is 0.688. The number of carbonyl (C=O) groups excluding carboxylic acids is 2. The summed E-state index contributed by atoms with van der Waals surface area (Å²) in [7, 11) is 0. The summed E-state index contributed by atoms with van der Waals surface area (Å²) < 4.78 is 0. The van der Waals surface area contributed by atoms with Crippen molar-refractivity contribution in [2.45, 2.75) is 12.5 Å². The minimum absolute atomic E-state index is 0.0619. The second-order valence-electron chi connectivity index (χ2n) is 5.87. The zero-order valence-electron chi connectivity index (χ0n) is 13.6. The van der Waals surface area contributed by atoms with Gasteiger partial charge < -0.3 is 16.0 Å². The monoisotopic (exact) mass is 343 g/mol. The van der Waals surface area contributed by atoms with Crippen LogP contribution in [0.4, 0.5) is 5.69 Å². The number of amides is 2. The lowest BCUT2D eigenvalue weighted by Gasteiger charge is -2.35. The Bertz CT molecular complexity index is 778. The molecule has 3 rings (SSSR count). The maximum atomic E-state index is 13.1. The largest absolute Gasteiger partial charge is 0.399 e. The van der Waals surface area contributed by atoms with Crippen molar-refractivity contribution in [3.05, 3.63) is 42.0 Å². The molecule has 1 aliphatic heterocycles. The predicted molar refractivity (Wildman–Crippen MR) is 99.2 cm³/mol. The van der Waals surface area contributed by atoms with Crippen molar-refractivity contribution in [1.82, 2.24) is 10.2 Å². The van der Waals surface area contributed by atoms with Gasteiger partial charge in [0.15, 0.2) is 0 Å². The Labute approximate surface area is 145 Å². The number of rotatable bonds is 4. The normalized spacial score (nSPS) is 17.8. The van der Waals surface area contributed by atoms with Crippen LogP contribution in [0.1, 0.15) is 16.8 Å². The molecule has 0 bridgehead atoms. The van der Waals surface area contributed by atoms with Gasteiger partial charge in [0, 0.05) is 24.3 Å². The van der Waals surface area contributed by atoms with E-state index in [4.69, 9.17) is 5.73 Å². The summed E-state index contributed by atoms with van der Waals surface area (Å²) in [6, 6.07) is 10.8. The number of hydrogen-bond donors (Lipinski definition) is 2. The van der Waals surface area contributed by atoms with E-state index in [1.54, 1.807) is 22.7 Å². The lowest BCUT2D eigenvalue weighted by atomic mass is 10.0. The van der Waals surface area contributed by atoms with Crippen molar-refractivity contribution in [1.29, 1.82) is 0 Å². The van der Waals surface area contributed by atoms with Crippen molar-refractivity contribution in [2.24, 2.45) is 0 Å². The Balaban J connectivity index is 1.96. The summed E-state index contributed by atoms with van der Waals surface area (Å²) >= 11 is 1.68. The van der Waals surface area contributed by atoms with E-state index in [1.807, 2.05) is 36.6 Å². The molecule has 1 heterocycles. The highest BCUT2D eigenvalue weighted by atomic mass is 32.2. The molecule has 0 unspecified atom stereocenters. The molecule has 0 spiro atoms. The molecule has 0 saturated carbocycles. The Hall–Kier alpha value is -2.21. The first-order chi connectivity index (χ1) is 11.6. The summed E-state index contributed by atoms with van der Waals surface area (Å²) in [6.45, 7) is 1.03. The third-order valence-corrected chi connectivity index (χ3v) is 4.97. The minimum Gasteiger partial charge on any atom is -0.399 e. The predicted octanol–water partition coefficient (Wildman–Crippen LogP) is 2.12. The van der Waals surface area contributed by atoms with E-state index >= 15 is 0 Å². The molecule has 6 heteroatoms. The first-order valence-corrected chi connectivity index (χ1v) is 9.37. The highest BCUT2D eigenvalue weighted by Gasteiger charge is 2.33. The van der Waals surface area contributed by atoms with Crippen molar-refractivity contribution < 1.29 is 9.59 Å². The fourth-order valence-corrected chi connectivity index (χ4v) is 3.58. The van der Waals surface area contributed by atoms with Gasteiger partial charge in [-0.1, -0.05) is 18.2 Å². The van der Waals surface area contributed by atoms with Crippen molar-refractivity contribution in [3.8, 4) is 0 Å². The molecule has 2 aromatic carbocycles. The molecule has 0 radical (unpaired) electrons. The molecule has 2 amide bonds. The van der Waals surface area contributed by atoms with Crippen LogP contribution in [0, 0.1) is 0 Å². The van der Waals surface area contributed by atoms with Crippen LogP contribution in [-0.4, -0.2) is 47.9 Å². The lowest BCUT2D eigenvalue weighted by Crippen LogP contribution is -2.57. The Morgan fingerprint density at radius 3 is 3.00 bits per heavy atom. The molecular formula is C18H21N3O2S. The number of fused-ring (bicyclic) bond motifs is 1. The lowest BCUT2D eigenvalue weighted by molar-refractivity contribution is -0.127. The molecule has 1 atom stereocenters. The summed E-state index contributed by atoms with van der Waals surface area (Å²) in [5.41, 5.74) is 7.13. The quantitative estimate of drug-likeness (QED) is 0.834. The smallest absolute Gasteiger partial charge is 0.255 e. The number of benzene rings is 2. The van der Waals surface area contributed by atoms with Crippen LogP contribution in [0.25, 0.3) is 10.8 Å². The zero-order valence-corrected chi connectivity index (χ0v) is 14.4. The number of nitrogen functional groups attached to an aromatic ring is 1. The van der Waals surface area contributed by atoms with E-state index in [0.29, 0.717) is 30.8 Å². The van der Waals surface area contributed by atoms with Gasteiger partial charge in [-0.3, -0.25) is 9.59 Å². The topological polar surface area (TPSA) is 75.4 Å². The van der Waals surface area contributed by atoms with E-state index in [9.17, 15) is 9.59 Å². The second-order valence-corrected chi connectivity index (χ2v) is 6.86. The third kappa shape index (κ3) is 3.19. The van der Waals surface area contributed by atoms with Crippen LogP contribution in [0.15, 0.2) is 36.4 Å². The van der Waals surface area contributed by atoms with E-state index in [0.717, 1.165) is 16.5 Å². The molecule has 5 nitrogen and oxygen atoms in total. The Morgan fingerprint density at radius 1 is 1.38 bits per heavy atom. The van der Waals surface area contributed by atoms with E-state index in [1.165, 1.54) is 0 Å². The number of piperazine rings is 1. The molecule has 126 valence electrons. The van der Waals surface area contributed by atoms with Gasteiger partial charge in [0.25, 0.3) is 5.91 Å². The van der Waals surface area contributed by atoms with Crippen LogP contribution in [0.5, 0.6) is 0 Å². The van der Waals surface area contributed by atoms with Crippen LogP contribution in [0.3, 0.4) is 0 Å². The van der Waals surface area contributed by atoms with Gasteiger partial charge in [-0.2, -0.15) is 11.8 Å². The summed E-state index contributed by atoms with van der Waals surface area (Å²) in [6.07, 6.45) is 2.67. The molecule has 0 aliphatic carbocycles. The SMILES string of the molecule is CSCC[C@H]1C(=O)NCCN1C(=O)c1cccc2cc(N)ccc12. The summed E-state index contributed by atoms with van der Waals surface area (Å²) in [5, 5.41) is 4.66. The molecule has 1 aliphatic rings. The highest BCUT2D eigenvalue weighted by molar-refractivity contribution is 7.98. The number of hydrogen-bond acceptors (Lipinski definition) is 4. The molecule has 3 N–H and O–H groups in total. The average Bonchev–Trinajstić information content (AvgIpc) is 2.59. The Kier molecular flexibility index (Phi) is 4.94. The molecule has 24 heavy (non-hydrogen) atoms. The minimum atomic E-state index is -0.400. The van der Waals surface area contributed by atoms with Gasteiger partial charge in [-0.15, -0.1) is 0 Å². The average molecular weight is 343 g/mol. The standard InChI is InChI=1S/C18H21N3O2S/c1-24-10-7-16-17(22)20-8-9-21(16)18(23)15-4-2-3-12-11-13(19)5-6-14(12)15/h2-6,11,16H,7-10,19H2,1H3,(H,20,22)/t16-/m0/s1. The van der Waals surface area contributed by atoms with Gasteiger partial charge in [0.1, 0.15) is 6.04 Å². The van der Waals surface area contributed by atoms with Crippen LogP contribution in [0.2, 0.25) is 0 Å². The first-order valence-electron chi connectivity index (χ1n) is 7.97. The molecular weight excluding hydrogens is 322 g/mol. The fourth-order valence-electron chi connectivity index (χ4n) is 3.12. The van der Waals surface area contributed by atoms with E-state index < -0.39 is 6.04 Å². The van der Waals surface area contributed by atoms with Crippen LogP contribution >= 0.6 is 11.8 Å². The maximum absolute atomic E-state index is 13.1. The number of carbonyl (C=O) groups is 2. The number of nitrogens with two attached hydrogens (primary N) is 1. The van der Waals surface area contributed by atoms with Gasteiger partial charge in [-0.05, 0) is 47.4 Å². The third-order valence-electron chi connectivity index (χ3n) is 4.32. The highest BCUT2D eigenvalue weighted by Crippen LogP contribution is 2.24. The van der Waals surface area contributed by atoms with Crippen molar-refractivity contribution in [2.75, 3.05) is 30.8 Å². The fraction of sp³-hybridized carbons (Fsp3) is 0.333. The molecule has 1 saturated heterocycles. The zero-order chi connectivity index (χ0) is 17.1. The number of thioether (sulfide) groups is 1. The van der Waals surface area contributed by atoms with E-state index in [-0.39, 0.29) is 11.8 Å². The van der Waals surface area contributed by atoms with Gasteiger partial charge in [0.05, 0.1) is 0 Å². The van der Waals surface area contributed by atoms with Crippen LogP contribution in [-0.2, 0) is 4.79 Å². The maximum Gasteiger partial charge on any atom is 0.255 e. The second kappa shape index (κ2) is 7.13. The molecule has 2 aromatic rings. The van der Waals surface area contributed by atoms with Crippen LogP contribution < -0.4 is 11.1 Å². The summed E-state index contributed by atoms with van der Waals surface area (Å²) in [4.78, 5) is 27.1. The number of nitrogens with one attached hydrogen (secondary N) is 1. The molecule has 0 aromatic heterocycles. The first kappa shape index (κ1) is 16.6. The Morgan fingerprint density at radius 2 is 2.21 bits per heavy atom.